The Morgan fingerprint density at radius 1 is 0.651 bits per heavy atom. The number of aromatic nitrogens is 10. The number of sulfone groups is 1. The highest BCUT2D eigenvalue weighted by atomic mass is 79.9. The summed E-state index contributed by atoms with van der Waals surface area (Å²) in [6.07, 6.45) is 23.1. The van der Waals surface area contributed by atoms with Gasteiger partial charge in [0.1, 0.15) is 11.5 Å². The number of fused-ring (bicyclic) bond motifs is 2. The Morgan fingerprint density at radius 2 is 1.17 bits per heavy atom. The smallest absolute Gasteiger partial charge is 0.175 e. The Hall–Kier alpha value is -6.73. The van der Waals surface area contributed by atoms with Gasteiger partial charge in [-0.15, -0.1) is 0 Å². The van der Waals surface area contributed by atoms with Crippen LogP contribution in [0.5, 0.6) is 11.5 Å². The third-order valence-electron chi connectivity index (χ3n) is 10.8. The minimum absolute atomic E-state index is 0.263. The summed E-state index contributed by atoms with van der Waals surface area (Å²) < 4.78 is 55.7. The average molecular weight is 928 g/mol. The van der Waals surface area contributed by atoms with Crippen LogP contribution in [0, 0.1) is 0 Å². The molecule has 0 spiro atoms. The van der Waals surface area contributed by atoms with Crippen LogP contribution in [0.15, 0.2) is 157 Å². The van der Waals surface area contributed by atoms with E-state index in [0.29, 0.717) is 45.2 Å². The van der Waals surface area contributed by atoms with E-state index >= 15 is 0 Å². The summed E-state index contributed by atoms with van der Waals surface area (Å²) in [5, 5.41) is 8.74. The van der Waals surface area contributed by atoms with Crippen LogP contribution in [0.25, 0.3) is 44.7 Å². The summed E-state index contributed by atoms with van der Waals surface area (Å²) in [6, 6.07) is 22.7. The maximum atomic E-state index is 12.0. The predicted molar refractivity (Wildman–Crippen MR) is 236 cm³/mol. The second kappa shape index (κ2) is 16.5. The van der Waals surface area contributed by atoms with Crippen molar-refractivity contribution in [3.8, 4) is 44.9 Å². The molecule has 16 nitrogen and oxygen atoms in total. The van der Waals surface area contributed by atoms with Crippen LogP contribution in [0.3, 0.4) is 0 Å². The second-order valence-electron chi connectivity index (χ2n) is 15.6. The van der Waals surface area contributed by atoms with Crippen LogP contribution in [0.1, 0.15) is 0 Å². The number of imidazole rings is 2. The molecule has 0 N–H and O–H groups in total. The molecular formula is C45H39BrN10O6S. The number of hydrogen-bond acceptors (Lipinski definition) is 12. The van der Waals surface area contributed by atoms with Gasteiger partial charge in [-0.25, -0.2) is 37.4 Å². The van der Waals surface area contributed by atoms with E-state index in [1.54, 1.807) is 70.9 Å². The Morgan fingerprint density at radius 3 is 1.67 bits per heavy atom. The molecule has 6 aromatic heterocycles. The van der Waals surface area contributed by atoms with Crippen LogP contribution in [0.2, 0.25) is 0 Å². The van der Waals surface area contributed by atoms with Crippen LogP contribution in [-0.4, -0.2) is 101 Å². The molecule has 2 saturated heterocycles. The Bertz CT molecular complexity index is 3130. The van der Waals surface area contributed by atoms with E-state index < -0.39 is 15.4 Å². The van der Waals surface area contributed by atoms with Crippen LogP contribution in [0.4, 0.5) is 0 Å². The molecule has 0 atom stereocenters. The van der Waals surface area contributed by atoms with E-state index in [9.17, 15) is 8.42 Å². The average Bonchev–Trinajstić information content (AvgIpc) is 4.12. The van der Waals surface area contributed by atoms with Gasteiger partial charge in [0.2, 0.25) is 0 Å². The van der Waals surface area contributed by atoms with Gasteiger partial charge < -0.3 is 28.1 Å². The summed E-state index contributed by atoms with van der Waals surface area (Å²) in [4.78, 5) is 17.5. The zero-order chi connectivity index (χ0) is 43.0. The molecule has 63 heavy (non-hydrogen) atoms. The first-order chi connectivity index (χ1) is 30.6. The first-order valence-electron chi connectivity index (χ1n) is 19.9. The zero-order valence-electron chi connectivity index (χ0n) is 33.8. The number of ether oxygens (including phenoxy) is 4. The fourth-order valence-corrected chi connectivity index (χ4v) is 8.54. The second-order valence-corrected chi connectivity index (χ2v) is 18.5. The van der Waals surface area contributed by atoms with Gasteiger partial charge in [0, 0.05) is 72.5 Å². The van der Waals surface area contributed by atoms with Gasteiger partial charge in [-0.1, -0.05) is 36.4 Å². The molecular weight excluding hydrogens is 889 g/mol. The summed E-state index contributed by atoms with van der Waals surface area (Å²) in [5.74, 6) is 1.58. The lowest BCUT2D eigenvalue weighted by Gasteiger charge is -2.41. The van der Waals surface area contributed by atoms with Gasteiger partial charge in [0.05, 0.1) is 73.9 Å². The molecule has 0 amide bonds. The van der Waals surface area contributed by atoms with Crippen molar-refractivity contribution in [3.05, 3.63) is 152 Å². The SMILES string of the molecule is Brc1cnn2cc(-c3ccc(OC4(Cn5ccnc5)COC4)cc3)cnc12.CS(=O)(=O)c1cccc(-c2cnn3cc(-c4ccc(OC5(Cn6ccnc6)COC5)cc4)cnc23)c1. The minimum Gasteiger partial charge on any atom is -0.481 e. The highest BCUT2D eigenvalue weighted by Gasteiger charge is 2.42. The molecule has 318 valence electrons. The molecule has 8 heterocycles. The maximum absolute atomic E-state index is 12.0. The number of halogens is 1. The molecule has 0 bridgehead atoms. The molecule has 2 aliphatic rings. The van der Waals surface area contributed by atoms with Crippen LogP contribution < -0.4 is 9.47 Å². The Labute approximate surface area is 369 Å². The highest BCUT2D eigenvalue weighted by molar-refractivity contribution is 9.10. The lowest BCUT2D eigenvalue weighted by Crippen LogP contribution is -2.57. The van der Waals surface area contributed by atoms with Crippen molar-refractivity contribution in [1.82, 2.24) is 48.3 Å². The maximum Gasteiger partial charge on any atom is 0.175 e. The van der Waals surface area contributed by atoms with Gasteiger partial charge in [-0.05, 0) is 69.0 Å². The number of rotatable bonds is 12. The fourth-order valence-electron chi connectivity index (χ4n) is 7.50. The quantitative estimate of drug-likeness (QED) is 0.127. The summed E-state index contributed by atoms with van der Waals surface area (Å²) in [7, 11) is -3.31. The van der Waals surface area contributed by atoms with Gasteiger partial charge in [-0.3, -0.25) is 0 Å². The molecule has 0 aliphatic carbocycles. The lowest BCUT2D eigenvalue weighted by atomic mass is 10.0. The zero-order valence-corrected chi connectivity index (χ0v) is 36.2. The van der Waals surface area contributed by atoms with E-state index in [2.05, 4.69) is 46.1 Å². The molecule has 2 aliphatic heterocycles. The monoisotopic (exact) mass is 926 g/mol. The van der Waals surface area contributed by atoms with Gasteiger partial charge >= 0.3 is 0 Å². The molecule has 0 saturated carbocycles. The number of hydrogen-bond donors (Lipinski definition) is 0. The van der Waals surface area contributed by atoms with E-state index in [0.717, 1.165) is 55.0 Å². The first kappa shape index (κ1) is 40.3. The summed E-state index contributed by atoms with van der Waals surface area (Å²) in [5.41, 5.74) is 6.13. The lowest BCUT2D eigenvalue weighted by molar-refractivity contribution is -0.168. The van der Waals surface area contributed by atoms with Crippen molar-refractivity contribution in [2.45, 2.75) is 29.2 Å². The summed E-state index contributed by atoms with van der Waals surface area (Å²) >= 11 is 3.44. The molecule has 9 aromatic rings. The van der Waals surface area contributed by atoms with Crippen molar-refractivity contribution >= 4 is 37.1 Å². The Kier molecular flexibility index (Phi) is 10.6. The van der Waals surface area contributed by atoms with Gasteiger partial charge in [-0.2, -0.15) is 10.2 Å². The van der Waals surface area contributed by atoms with Gasteiger partial charge in [0.25, 0.3) is 0 Å². The molecule has 2 fully saturated rings. The topological polar surface area (TPSA) is 167 Å². The van der Waals surface area contributed by atoms with Crippen molar-refractivity contribution in [1.29, 1.82) is 0 Å². The minimum atomic E-state index is -3.31. The Balaban J connectivity index is 0.000000156. The highest BCUT2D eigenvalue weighted by Crippen LogP contribution is 2.32. The standard InChI is InChI=1S/C26H23N5O4S.C19H16BrN5O2/c1-36(32,33)23-4-2-3-20(11-23)24-13-29-31-14-21(12-28-25(24)31)19-5-7-22(8-6-19)35-26(16-34-17-26)15-30-10-9-27-18-30;20-17-8-23-25-9-15(7-22-18(17)25)14-1-3-16(4-2-14)27-19(11-26-12-19)10-24-6-5-21-13-24/h2-14,18H,15-17H2,1H3;1-9,13H,10-12H2. The molecule has 18 heteroatoms. The third kappa shape index (κ3) is 8.57. The third-order valence-corrected chi connectivity index (χ3v) is 12.5. The van der Waals surface area contributed by atoms with Crippen LogP contribution in [-0.2, 0) is 32.4 Å². The molecule has 0 radical (unpaired) electrons. The molecule has 3 aromatic carbocycles. The normalized spacial score (nSPS) is 15.3. The van der Waals surface area contributed by atoms with Crippen LogP contribution >= 0.6 is 15.9 Å². The van der Waals surface area contributed by atoms with E-state index in [4.69, 9.17) is 18.9 Å². The number of nitrogens with zero attached hydrogens (tertiary/aromatic N) is 10. The summed E-state index contributed by atoms with van der Waals surface area (Å²) in [6.45, 7) is 3.58. The van der Waals surface area contributed by atoms with Gasteiger partial charge in [0.15, 0.2) is 32.3 Å². The van der Waals surface area contributed by atoms with Crippen molar-refractivity contribution in [2.24, 2.45) is 0 Å². The predicted octanol–water partition coefficient (Wildman–Crippen LogP) is 6.71. The first-order valence-corrected chi connectivity index (χ1v) is 22.6. The molecule has 11 rings (SSSR count). The van der Waals surface area contributed by atoms with Crippen molar-refractivity contribution < 1.29 is 27.4 Å². The number of benzene rings is 3. The fraction of sp³-hybridized carbons (Fsp3) is 0.200. The van der Waals surface area contributed by atoms with E-state index in [-0.39, 0.29) is 10.5 Å². The van der Waals surface area contributed by atoms with E-state index in [1.807, 2.05) is 94.7 Å². The van der Waals surface area contributed by atoms with Crippen molar-refractivity contribution in [3.63, 3.8) is 0 Å². The van der Waals surface area contributed by atoms with E-state index in [1.165, 1.54) is 6.26 Å². The molecule has 0 unspecified atom stereocenters. The largest absolute Gasteiger partial charge is 0.481 e. The van der Waals surface area contributed by atoms with Crippen molar-refractivity contribution in [2.75, 3.05) is 32.7 Å².